The minimum atomic E-state index is -3.43. The van der Waals surface area contributed by atoms with Crippen LogP contribution in [0, 0.1) is 0 Å². The molecule has 0 aliphatic heterocycles. The molecule has 0 saturated heterocycles. The lowest BCUT2D eigenvalue weighted by Crippen LogP contribution is -2.05. The number of fused-ring (bicyclic) bond motifs is 1. The number of hydrogen-bond donors (Lipinski definition) is 0. The van der Waals surface area contributed by atoms with Crippen molar-refractivity contribution in [1.82, 2.24) is 20.2 Å². The summed E-state index contributed by atoms with van der Waals surface area (Å²) in [6.07, 6.45) is 2.42. The number of rotatable bonds is 2. The first kappa shape index (κ1) is 12.1. The SMILES string of the molecule is CS(=O)(=O)c1ncc(-c2nc3ccccc3s2)nn1. The van der Waals surface area contributed by atoms with Crippen molar-refractivity contribution in [2.75, 3.05) is 6.26 Å². The number of sulfone groups is 1. The van der Waals surface area contributed by atoms with Gasteiger partial charge in [-0.05, 0) is 12.1 Å². The Labute approximate surface area is 113 Å². The molecule has 0 spiro atoms. The zero-order valence-electron chi connectivity index (χ0n) is 9.81. The summed E-state index contributed by atoms with van der Waals surface area (Å²) in [5.41, 5.74) is 1.34. The van der Waals surface area contributed by atoms with Gasteiger partial charge in [-0.15, -0.1) is 21.5 Å². The first-order valence-corrected chi connectivity index (χ1v) is 8.00. The third-order valence-corrected chi connectivity index (χ3v) is 4.29. The minimum Gasteiger partial charge on any atom is -0.234 e. The Hall–Kier alpha value is -1.93. The number of nitrogens with zero attached hydrogens (tertiary/aromatic N) is 4. The molecule has 8 heteroatoms. The molecule has 19 heavy (non-hydrogen) atoms. The molecule has 1 aromatic carbocycles. The maximum Gasteiger partial charge on any atom is 0.267 e. The lowest BCUT2D eigenvalue weighted by Gasteiger charge is -1.96. The maximum atomic E-state index is 11.2. The van der Waals surface area contributed by atoms with Gasteiger partial charge in [-0.1, -0.05) is 12.1 Å². The fraction of sp³-hybridized carbons (Fsp3) is 0.0909. The Balaban J connectivity index is 2.07. The van der Waals surface area contributed by atoms with Gasteiger partial charge in [0.2, 0.25) is 9.84 Å². The third kappa shape index (κ3) is 2.32. The van der Waals surface area contributed by atoms with E-state index in [1.54, 1.807) is 0 Å². The maximum absolute atomic E-state index is 11.2. The van der Waals surface area contributed by atoms with E-state index in [0.717, 1.165) is 16.5 Å². The summed E-state index contributed by atoms with van der Waals surface area (Å²) >= 11 is 1.46. The second kappa shape index (κ2) is 4.32. The highest BCUT2D eigenvalue weighted by molar-refractivity contribution is 7.90. The number of thiazole rings is 1. The topological polar surface area (TPSA) is 85.7 Å². The van der Waals surface area contributed by atoms with Gasteiger partial charge in [0, 0.05) is 6.26 Å². The normalized spacial score (nSPS) is 11.8. The molecule has 96 valence electrons. The number of aromatic nitrogens is 4. The largest absolute Gasteiger partial charge is 0.267 e. The number of hydrogen-bond acceptors (Lipinski definition) is 7. The van der Waals surface area contributed by atoms with Crippen LogP contribution in [-0.2, 0) is 9.84 Å². The average Bonchev–Trinajstić information content (AvgIpc) is 2.81. The number of benzene rings is 1. The van der Waals surface area contributed by atoms with Gasteiger partial charge in [0.1, 0.15) is 10.7 Å². The highest BCUT2D eigenvalue weighted by Gasteiger charge is 2.13. The van der Waals surface area contributed by atoms with Gasteiger partial charge in [0.15, 0.2) is 0 Å². The van der Waals surface area contributed by atoms with Gasteiger partial charge in [0.25, 0.3) is 5.16 Å². The molecule has 0 N–H and O–H groups in total. The van der Waals surface area contributed by atoms with Crippen LogP contribution in [0.25, 0.3) is 20.9 Å². The van der Waals surface area contributed by atoms with Crippen LogP contribution in [0.3, 0.4) is 0 Å². The van der Waals surface area contributed by atoms with E-state index < -0.39 is 9.84 Å². The van der Waals surface area contributed by atoms with Gasteiger partial charge in [-0.3, -0.25) is 0 Å². The highest BCUT2D eigenvalue weighted by atomic mass is 32.2. The molecule has 3 aromatic rings. The van der Waals surface area contributed by atoms with Crippen LogP contribution < -0.4 is 0 Å². The van der Waals surface area contributed by atoms with E-state index in [-0.39, 0.29) is 5.16 Å². The molecule has 0 atom stereocenters. The van der Waals surface area contributed by atoms with Crippen molar-refractivity contribution in [3.8, 4) is 10.7 Å². The second-order valence-electron chi connectivity index (χ2n) is 3.88. The summed E-state index contributed by atoms with van der Waals surface area (Å²) in [7, 11) is -3.43. The molecule has 0 amide bonds. The van der Waals surface area contributed by atoms with Gasteiger partial charge >= 0.3 is 0 Å². The molecule has 0 aliphatic carbocycles. The van der Waals surface area contributed by atoms with Crippen molar-refractivity contribution >= 4 is 31.4 Å². The molecular weight excluding hydrogens is 284 g/mol. The Kier molecular flexibility index (Phi) is 2.76. The van der Waals surface area contributed by atoms with E-state index in [9.17, 15) is 8.42 Å². The minimum absolute atomic E-state index is 0.280. The summed E-state index contributed by atoms with van der Waals surface area (Å²) in [4.78, 5) is 8.20. The van der Waals surface area contributed by atoms with Gasteiger partial charge in [-0.25, -0.2) is 18.4 Å². The monoisotopic (exact) mass is 292 g/mol. The molecule has 2 aromatic heterocycles. The molecule has 3 rings (SSSR count). The smallest absolute Gasteiger partial charge is 0.234 e. The van der Waals surface area contributed by atoms with Crippen molar-refractivity contribution in [1.29, 1.82) is 0 Å². The quantitative estimate of drug-likeness (QED) is 0.712. The van der Waals surface area contributed by atoms with E-state index in [2.05, 4.69) is 20.2 Å². The standard InChI is InChI=1S/C11H8N4O2S2/c1-19(16,17)11-12-6-8(14-15-11)10-13-7-4-2-3-5-9(7)18-10/h2-6H,1H3. The Morgan fingerprint density at radius 1 is 1.16 bits per heavy atom. The van der Waals surface area contributed by atoms with Crippen LogP contribution in [0.4, 0.5) is 0 Å². The van der Waals surface area contributed by atoms with Gasteiger partial charge < -0.3 is 0 Å². The average molecular weight is 292 g/mol. The predicted molar refractivity (Wildman–Crippen MR) is 71.6 cm³/mol. The van der Waals surface area contributed by atoms with E-state index in [0.29, 0.717) is 10.7 Å². The zero-order valence-corrected chi connectivity index (χ0v) is 11.4. The molecule has 0 radical (unpaired) electrons. The Bertz CT molecular complexity index is 808. The molecular formula is C11H8N4O2S2. The fourth-order valence-corrected chi connectivity index (χ4v) is 2.86. The van der Waals surface area contributed by atoms with Gasteiger partial charge in [0.05, 0.1) is 16.4 Å². The molecule has 0 fully saturated rings. The lowest BCUT2D eigenvalue weighted by molar-refractivity contribution is 0.589. The third-order valence-electron chi connectivity index (χ3n) is 2.39. The van der Waals surface area contributed by atoms with Crippen molar-refractivity contribution < 1.29 is 8.42 Å². The van der Waals surface area contributed by atoms with E-state index in [1.165, 1.54) is 17.5 Å². The summed E-state index contributed by atoms with van der Waals surface area (Å²) in [5, 5.41) is 7.87. The van der Waals surface area contributed by atoms with Crippen molar-refractivity contribution in [3.63, 3.8) is 0 Å². The second-order valence-corrected chi connectivity index (χ2v) is 6.83. The van der Waals surface area contributed by atoms with Crippen LogP contribution in [0.5, 0.6) is 0 Å². The first-order chi connectivity index (χ1) is 9.04. The molecule has 6 nitrogen and oxygen atoms in total. The zero-order chi connectivity index (χ0) is 13.5. The Morgan fingerprint density at radius 3 is 2.58 bits per heavy atom. The van der Waals surface area contributed by atoms with Crippen LogP contribution in [-0.4, -0.2) is 34.8 Å². The molecule has 0 aliphatic rings. The summed E-state index contributed by atoms with van der Waals surface area (Å²) < 4.78 is 23.5. The lowest BCUT2D eigenvalue weighted by atomic mass is 10.3. The first-order valence-electron chi connectivity index (χ1n) is 5.30. The predicted octanol–water partition coefficient (Wildman–Crippen LogP) is 1.55. The summed E-state index contributed by atoms with van der Waals surface area (Å²) in [6, 6.07) is 7.70. The van der Waals surface area contributed by atoms with Crippen LogP contribution in [0.1, 0.15) is 0 Å². The molecule has 0 saturated carbocycles. The van der Waals surface area contributed by atoms with Crippen LogP contribution in [0.2, 0.25) is 0 Å². The van der Waals surface area contributed by atoms with Crippen LogP contribution in [0.15, 0.2) is 35.6 Å². The van der Waals surface area contributed by atoms with Crippen molar-refractivity contribution in [3.05, 3.63) is 30.5 Å². The molecule has 2 heterocycles. The van der Waals surface area contributed by atoms with E-state index in [1.807, 2.05) is 24.3 Å². The van der Waals surface area contributed by atoms with E-state index in [4.69, 9.17) is 0 Å². The molecule has 0 bridgehead atoms. The van der Waals surface area contributed by atoms with Crippen LogP contribution >= 0.6 is 11.3 Å². The summed E-state index contributed by atoms with van der Waals surface area (Å²) in [6.45, 7) is 0. The van der Waals surface area contributed by atoms with E-state index >= 15 is 0 Å². The highest BCUT2D eigenvalue weighted by Crippen LogP contribution is 2.28. The Morgan fingerprint density at radius 2 is 1.95 bits per heavy atom. The fourth-order valence-electron chi connectivity index (χ4n) is 1.51. The molecule has 0 unspecified atom stereocenters. The van der Waals surface area contributed by atoms with Crippen molar-refractivity contribution in [2.24, 2.45) is 0 Å². The number of para-hydroxylation sites is 1. The summed E-state index contributed by atoms with van der Waals surface area (Å²) in [5.74, 6) is 0. The van der Waals surface area contributed by atoms with Crippen molar-refractivity contribution in [2.45, 2.75) is 5.16 Å². The van der Waals surface area contributed by atoms with Gasteiger partial charge in [-0.2, -0.15) is 0 Å².